The molecule has 23 heavy (non-hydrogen) atoms. The van der Waals surface area contributed by atoms with Gasteiger partial charge in [0.2, 0.25) is 0 Å². The number of para-hydroxylation sites is 1. The monoisotopic (exact) mass is 327 g/mol. The summed E-state index contributed by atoms with van der Waals surface area (Å²) in [7, 11) is 0. The number of carbonyl (C=O) groups is 1. The van der Waals surface area contributed by atoms with Gasteiger partial charge in [0.05, 0.1) is 23.4 Å². The molecule has 3 aromatic rings. The molecule has 0 unspecified atom stereocenters. The number of anilines is 1. The van der Waals surface area contributed by atoms with Gasteiger partial charge in [-0.15, -0.1) is 11.3 Å². The van der Waals surface area contributed by atoms with E-state index < -0.39 is 0 Å². The molecule has 1 heterocycles. The van der Waals surface area contributed by atoms with Crippen LogP contribution in [0.2, 0.25) is 0 Å². The maximum absolute atomic E-state index is 11.9. The minimum atomic E-state index is -0.256. The van der Waals surface area contributed by atoms with Gasteiger partial charge in [0.25, 0.3) is 0 Å². The van der Waals surface area contributed by atoms with E-state index >= 15 is 0 Å². The number of benzene rings is 2. The number of carbonyl (C=O) groups excluding carboxylic acids is 1. The number of aromatic nitrogens is 1. The Morgan fingerprint density at radius 1 is 1.17 bits per heavy atom. The second-order valence-electron chi connectivity index (χ2n) is 4.84. The third-order valence-corrected chi connectivity index (χ3v) is 4.20. The molecule has 2 N–H and O–H groups in total. The van der Waals surface area contributed by atoms with Crippen molar-refractivity contribution in [1.29, 1.82) is 0 Å². The fraction of sp³-hybridized carbons (Fsp3) is 0.176. The zero-order valence-corrected chi connectivity index (χ0v) is 13.5. The van der Waals surface area contributed by atoms with Gasteiger partial charge in [0, 0.05) is 5.69 Å². The Hall–Kier alpha value is -2.60. The molecular formula is C17H17N3O2S. The molecule has 1 aromatic heterocycles. The summed E-state index contributed by atoms with van der Waals surface area (Å²) in [5.41, 5.74) is 1.68. The zero-order valence-electron chi connectivity index (χ0n) is 12.7. The third-order valence-electron chi connectivity index (χ3n) is 3.16. The number of hydrogen-bond donors (Lipinski definition) is 2. The Labute approximate surface area is 138 Å². The van der Waals surface area contributed by atoms with E-state index in [-0.39, 0.29) is 6.03 Å². The second kappa shape index (κ2) is 7.11. The molecule has 0 radical (unpaired) electrons. The van der Waals surface area contributed by atoms with Crippen molar-refractivity contribution in [3.63, 3.8) is 0 Å². The summed E-state index contributed by atoms with van der Waals surface area (Å²) < 4.78 is 6.49. The Morgan fingerprint density at radius 3 is 2.70 bits per heavy atom. The molecule has 3 rings (SSSR count). The van der Waals surface area contributed by atoms with Crippen molar-refractivity contribution in [3.05, 3.63) is 53.5 Å². The lowest BCUT2D eigenvalue weighted by molar-refractivity contribution is 0.251. The Balaban J connectivity index is 1.54. The topological polar surface area (TPSA) is 63.2 Å². The first-order valence-electron chi connectivity index (χ1n) is 7.37. The van der Waals surface area contributed by atoms with Crippen LogP contribution in [0.1, 0.15) is 11.9 Å². The van der Waals surface area contributed by atoms with Gasteiger partial charge >= 0.3 is 6.03 Å². The molecule has 0 saturated carbocycles. The lowest BCUT2D eigenvalue weighted by atomic mass is 10.3. The van der Waals surface area contributed by atoms with Crippen LogP contribution in [-0.4, -0.2) is 17.6 Å². The lowest BCUT2D eigenvalue weighted by Gasteiger charge is -2.07. The third kappa shape index (κ3) is 3.98. The van der Waals surface area contributed by atoms with Crippen molar-refractivity contribution >= 4 is 33.3 Å². The predicted molar refractivity (Wildman–Crippen MR) is 93.1 cm³/mol. The first-order chi connectivity index (χ1) is 11.2. The van der Waals surface area contributed by atoms with Crippen molar-refractivity contribution in [2.45, 2.75) is 13.5 Å². The van der Waals surface area contributed by atoms with Gasteiger partial charge in [-0.1, -0.05) is 12.1 Å². The number of fused-ring (bicyclic) bond motifs is 1. The number of hydrogen-bond acceptors (Lipinski definition) is 4. The molecule has 2 amide bonds. The first-order valence-corrected chi connectivity index (χ1v) is 8.18. The highest BCUT2D eigenvalue weighted by molar-refractivity contribution is 7.18. The van der Waals surface area contributed by atoms with Crippen LogP contribution in [0.3, 0.4) is 0 Å². The predicted octanol–water partition coefficient (Wildman–Crippen LogP) is 4.02. The van der Waals surface area contributed by atoms with E-state index in [2.05, 4.69) is 15.6 Å². The van der Waals surface area contributed by atoms with Crippen molar-refractivity contribution < 1.29 is 9.53 Å². The summed E-state index contributed by atoms with van der Waals surface area (Å²) in [6.45, 7) is 2.96. The normalized spacial score (nSPS) is 10.5. The largest absolute Gasteiger partial charge is 0.494 e. The van der Waals surface area contributed by atoms with E-state index in [4.69, 9.17) is 4.74 Å². The highest BCUT2D eigenvalue weighted by Crippen LogP contribution is 2.21. The molecule has 0 aliphatic carbocycles. The van der Waals surface area contributed by atoms with Crippen LogP contribution >= 0.6 is 11.3 Å². The van der Waals surface area contributed by atoms with Gasteiger partial charge < -0.3 is 15.4 Å². The van der Waals surface area contributed by atoms with Crippen LogP contribution in [0.15, 0.2) is 48.5 Å². The number of amides is 2. The Morgan fingerprint density at radius 2 is 1.96 bits per heavy atom. The number of nitrogens with zero attached hydrogens (tertiary/aromatic N) is 1. The molecular weight excluding hydrogens is 310 g/mol. The molecule has 0 spiro atoms. The van der Waals surface area contributed by atoms with E-state index in [0.29, 0.717) is 13.2 Å². The van der Waals surface area contributed by atoms with Crippen LogP contribution in [-0.2, 0) is 6.54 Å². The molecule has 0 saturated heterocycles. The zero-order chi connectivity index (χ0) is 16.1. The van der Waals surface area contributed by atoms with Crippen LogP contribution in [0.4, 0.5) is 10.5 Å². The number of ether oxygens (including phenoxy) is 1. The maximum Gasteiger partial charge on any atom is 0.319 e. The SMILES string of the molecule is CCOc1ccc(NC(=O)NCc2nc3ccccc3s2)cc1. The van der Waals surface area contributed by atoms with Crippen LogP contribution < -0.4 is 15.4 Å². The van der Waals surface area contributed by atoms with Gasteiger partial charge in [0.1, 0.15) is 10.8 Å². The molecule has 0 atom stereocenters. The highest BCUT2D eigenvalue weighted by Gasteiger charge is 2.06. The van der Waals surface area contributed by atoms with Gasteiger partial charge in [-0.25, -0.2) is 9.78 Å². The molecule has 2 aromatic carbocycles. The molecule has 5 nitrogen and oxygen atoms in total. The summed E-state index contributed by atoms with van der Waals surface area (Å²) in [5.74, 6) is 0.785. The van der Waals surface area contributed by atoms with Crippen molar-refractivity contribution in [2.24, 2.45) is 0 Å². The van der Waals surface area contributed by atoms with Crippen molar-refractivity contribution in [2.75, 3.05) is 11.9 Å². The maximum atomic E-state index is 11.9. The molecule has 0 bridgehead atoms. The minimum Gasteiger partial charge on any atom is -0.494 e. The van der Waals surface area contributed by atoms with Crippen LogP contribution in [0.5, 0.6) is 5.75 Å². The average molecular weight is 327 g/mol. The van der Waals surface area contributed by atoms with Gasteiger partial charge in [-0.3, -0.25) is 0 Å². The summed E-state index contributed by atoms with van der Waals surface area (Å²) in [4.78, 5) is 16.4. The first kappa shape index (κ1) is 15.3. The summed E-state index contributed by atoms with van der Waals surface area (Å²) in [5, 5.41) is 6.48. The second-order valence-corrected chi connectivity index (χ2v) is 5.96. The van der Waals surface area contributed by atoms with Gasteiger partial charge in [-0.05, 0) is 43.3 Å². The number of urea groups is 1. The van der Waals surface area contributed by atoms with E-state index in [1.807, 2.05) is 55.5 Å². The summed E-state index contributed by atoms with van der Waals surface area (Å²) >= 11 is 1.58. The van der Waals surface area contributed by atoms with E-state index in [0.717, 1.165) is 26.7 Å². The fourth-order valence-electron chi connectivity index (χ4n) is 2.13. The summed E-state index contributed by atoms with van der Waals surface area (Å²) in [6, 6.07) is 14.9. The molecule has 0 aliphatic heterocycles. The van der Waals surface area contributed by atoms with Crippen LogP contribution in [0.25, 0.3) is 10.2 Å². The summed E-state index contributed by atoms with van der Waals surface area (Å²) in [6.07, 6.45) is 0. The number of rotatable bonds is 5. The highest BCUT2D eigenvalue weighted by atomic mass is 32.1. The smallest absolute Gasteiger partial charge is 0.319 e. The fourth-order valence-corrected chi connectivity index (χ4v) is 3.03. The van der Waals surface area contributed by atoms with Crippen LogP contribution in [0, 0.1) is 0 Å². The number of nitrogens with one attached hydrogen (secondary N) is 2. The van der Waals surface area contributed by atoms with Gasteiger partial charge in [-0.2, -0.15) is 0 Å². The van der Waals surface area contributed by atoms with Crippen molar-refractivity contribution in [3.8, 4) is 5.75 Å². The molecule has 0 aliphatic rings. The lowest BCUT2D eigenvalue weighted by Crippen LogP contribution is -2.28. The Bertz CT molecular complexity index is 766. The molecule has 0 fully saturated rings. The Kier molecular flexibility index (Phi) is 4.73. The quantitative estimate of drug-likeness (QED) is 0.744. The molecule has 6 heteroatoms. The van der Waals surface area contributed by atoms with E-state index in [1.165, 1.54) is 0 Å². The standard InChI is InChI=1S/C17H17N3O2S/c1-2-22-13-9-7-12(8-10-13)19-17(21)18-11-16-20-14-5-3-4-6-15(14)23-16/h3-10H,2,11H2,1H3,(H2,18,19,21). The molecule has 118 valence electrons. The van der Waals surface area contributed by atoms with E-state index in [1.54, 1.807) is 11.3 Å². The van der Waals surface area contributed by atoms with Gasteiger partial charge in [0.15, 0.2) is 0 Å². The number of thiazole rings is 1. The van der Waals surface area contributed by atoms with Crippen molar-refractivity contribution in [1.82, 2.24) is 10.3 Å². The average Bonchev–Trinajstić information content (AvgIpc) is 2.98. The van der Waals surface area contributed by atoms with E-state index in [9.17, 15) is 4.79 Å². The minimum absolute atomic E-state index is 0.256.